The lowest BCUT2D eigenvalue weighted by Crippen LogP contribution is -2.49. The van der Waals surface area contributed by atoms with Crippen molar-refractivity contribution in [3.63, 3.8) is 0 Å². The van der Waals surface area contributed by atoms with Crippen molar-refractivity contribution in [2.75, 3.05) is 12.4 Å². The molecule has 1 aliphatic carbocycles. The average Bonchev–Trinajstić information content (AvgIpc) is 2.79. The van der Waals surface area contributed by atoms with Crippen molar-refractivity contribution in [1.82, 2.24) is 10.2 Å². The summed E-state index contributed by atoms with van der Waals surface area (Å²) < 4.78 is 0. The Hall–Kier alpha value is -1.75. The molecule has 1 fully saturated rings. The topological polar surface area (TPSA) is 49.4 Å². The third-order valence-corrected chi connectivity index (χ3v) is 7.01. The lowest BCUT2D eigenvalue weighted by Gasteiger charge is -2.35. The zero-order valence-corrected chi connectivity index (χ0v) is 20.5. The van der Waals surface area contributed by atoms with Gasteiger partial charge in [-0.3, -0.25) is 9.59 Å². The lowest BCUT2D eigenvalue weighted by molar-refractivity contribution is -0.139. The highest BCUT2D eigenvalue weighted by Gasteiger charge is 2.34. The molecule has 0 spiro atoms. The summed E-state index contributed by atoms with van der Waals surface area (Å²) in [5, 5.41) is 4.31. The van der Waals surface area contributed by atoms with Crippen LogP contribution in [0.1, 0.15) is 49.8 Å². The van der Waals surface area contributed by atoms with Crippen LogP contribution in [-0.2, 0) is 16.0 Å². The Morgan fingerprint density at radius 2 is 1.75 bits per heavy atom. The van der Waals surface area contributed by atoms with Gasteiger partial charge in [0.1, 0.15) is 11.9 Å². The third-order valence-electron chi connectivity index (χ3n) is 6.19. The van der Waals surface area contributed by atoms with Crippen molar-refractivity contribution in [3.05, 3.63) is 69.7 Å². The summed E-state index contributed by atoms with van der Waals surface area (Å²) >= 11 is 18.5. The predicted octanol–water partition coefficient (Wildman–Crippen LogP) is 6.04. The van der Waals surface area contributed by atoms with Gasteiger partial charge in [-0.25, -0.2) is 0 Å². The van der Waals surface area contributed by atoms with Crippen LogP contribution in [0.2, 0.25) is 10.0 Å². The number of benzene rings is 2. The van der Waals surface area contributed by atoms with Crippen LogP contribution in [0.3, 0.4) is 0 Å². The second-order valence-corrected chi connectivity index (χ2v) is 9.51. The molecule has 0 bridgehead atoms. The molecule has 1 aliphatic rings. The van der Waals surface area contributed by atoms with Gasteiger partial charge in [-0.15, -0.1) is 11.6 Å². The van der Waals surface area contributed by atoms with Crippen LogP contribution in [0.5, 0.6) is 0 Å². The highest BCUT2D eigenvalue weighted by Crippen LogP contribution is 2.30. The molecule has 172 valence electrons. The summed E-state index contributed by atoms with van der Waals surface area (Å²) in [7, 11) is 0. The van der Waals surface area contributed by atoms with Gasteiger partial charge in [0.2, 0.25) is 11.8 Å². The SMILES string of the molecule is C[C@@H]1CCCC[C@@H]1NC(=O)[C@@H](c1ccccc1Cl)N(CCc1ccc(Cl)cc1)C(=O)CCl. The molecule has 2 amide bonds. The normalized spacial score (nSPS) is 19.2. The molecule has 2 aromatic rings. The van der Waals surface area contributed by atoms with Gasteiger partial charge in [0.25, 0.3) is 0 Å². The van der Waals surface area contributed by atoms with Gasteiger partial charge >= 0.3 is 0 Å². The molecule has 7 heteroatoms. The first kappa shape index (κ1) is 24.9. The number of nitrogens with one attached hydrogen (secondary N) is 1. The zero-order valence-electron chi connectivity index (χ0n) is 18.2. The van der Waals surface area contributed by atoms with Gasteiger partial charge in [0.05, 0.1) is 0 Å². The van der Waals surface area contributed by atoms with E-state index in [0.29, 0.717) is 34.5 Å². The van der Waals surface area contributed by atoms with E-state index in [1.54, 1.807) is 17.0 Å². The molecule has 0 aromatic heterocycles. The molecule has 1 N–H and O–H groups in total. The fourth-order valence-corrected chi connectivity index (χ4v) is 4.83. The maximum Gasteiger partial charge on any atom is 0.247 e. The summed E-state index contributed by atoms with van der Waals surface area (Å²) in [6, 6.07) is 13.9. The Morgan fingerprint density at radius 3 is 2.41 bits per heavy atom. The minimum absolute atomic E-state index is 0.0884. The van der Waals surface area contributed by atoms with Gasteiger partial charge in [-0.1, -0.05) is 73.3 Å². The third kappa shape index (κ3) is 6.40. The maximum absolute atomic E-state index is 13.6. The molecule has 0 saturated heterocycles. The predicted molar refractivity (Wildman–Crippen MR) is 131 cm³/mol. The van der Waals surface area contributed by atoms with Crippen LogP contribution >= 0.6 is 34.8 Å². The minimum Gasteiger partial charge on any atom is -0.351 e. The highest BCUT2D eigenvalue weighted by atomic mass is 35.5. The van der Waals surface area contributed by atoms with Crippen LogP contribution in [-0.4, -0.2) is 35.2 Å². The Bertz CT molecular complexity index is 920. The Kier molecular flexibility index (Phi) is 9.27. The van der Waals surface area contributed by atoms with Crippen LogP contribution in [0.15, 0.2) is 48.5 Å². The monoisotopic (exact) mass is 494 g/mol. The Morgan fingerprint density at radius 1 is 1.06 bits per heavy atom. The fraction of sp³-hybridized carbons (Fsp3) is 0.440. The molecule has 1 saturated carbocycles. The molecule has 0 unspecified atom stereocenters. The number of hydrogen-bond acceptors (Lipinski definition) is 2. The van der Waals surface area contributed by atoms with E-state index in [9.17, 15) is 9.59 Å². The van der Waals surface area contributed by atoms with Crippen LogP contribution < -0.4 is 5.32 Å². The van der Waals surface area contributed by atoms with Gasteiger partial charge in [-0.2, -0.15) is 0 Å². The summed E-state index contributed by atoms with van der Waals surface area (Å²) in [6.07, 6.45) is 4.86. The summed E-state index contributed by atoms with van der Waals surface area (Å²) in [5.74, 6) is -0.344. The smallest absolute Gasteiger partial charge is 0.247 e. The standard InChI is InChI=1S/C25H29Cl3N2O2/c1-17-6-2-5-9-22(17)29-25(32)24(20-7-3-4-8-21(20)28)30(23(31)16-26)15-14-18-10-12-19(27)13-11-18/h3-4,7-8,10-13,17,22,24H,2,5-6,9,14-16H2,1H3,(H,29,32)/t17-,22+,24-/m1/s1. The van der Waals surface area contributed by atoms with Crippen LogP contribution in [0.4, 0.5) is 0 Å². The van der Waals surface area contributed by atoms with E-state index in [1.165, 1.54) is 6.42 Å². The molecular formula is C25H29Cl3N2O2. The maximum atomic E-state index is 13.6. The summed E-state index contributed by atoms with van der Waals surface area (Å²) in [4.78, 5) is 28.1. The van der Waals surface area contributed by atoms with Gasteiger partial charge < -0.3 is 10.2 Å². The Balaban J connectivity index is 1.90. The van der Waals surface area contributed by atoms with E-state index < -0.39 is 6.04 Å². The second-order valence-electron chi connectivity index (χ2n) is 8.40. The van der Waals surface area contributed by atoms with Crippen LogP contribution in [0.25, 0.3) is 0 Å². The van der Waals surface area contributed by atoms with E-state index in [1.807, 2.05) is 36.4 Å². The number of nitrogens with zero attached hydrogens (tertiary/aromatic N) is 1. The molecule has 32 heavy (non-hydrogen) atoms. The van der Waals surface area contributed by atoms with Crippen molar-refractivity contribution in [1.29, 1.82) is 0 Å². The first-order chi connectivity index (χ1) is 15.4. The number of amides is 2. The Labute approximate surface area is 205 Å². The number of alkyl halides is 1. The van der Waals surface area contributed by atoms with E-state index in [4.69, 9.17) is 34.8 Å². The number of carbonyl (C=O) groups excluding carboxylic acids is 2. The molecule has 3 rings (SSSR count). The molecule has 3 atom stereocenters. The van der Waals surface area contributed by atoms with Gasteiger partial charge in [-0.05, 0) is 48.9 Å². The molecule has 4 nitrogen and oxygen atoms in total. The highest BCUT2D eigenvalue weighted by molar-refractivity contribution is 6.32. The summed E-state index contributed by atoms with van der Waals surface area (Å²) in [5.41, 5.74) is 1.62. The van der Waals surface area contributed by atoms with E-state index >= 15 is 0 Å². The number of hydrogen-bond donors (Lipinski definition) is 1. The quantitative estimate of drug-likeness (QED) is 0.454. The van der Waals surface area contributed by atoms with E-state index in [-0.39, 0.29) is 23.7 Å². The van der Waals surface area contributed by atoms with Crippen molar-refractivity contribution in [2.24, 2.45) is 5.92 Å². The number of carbonyl (C=O) groups is 2. The molecule has 0 heterocycles. The largest absolute Gasteiger partial charge is 0.351 e. The second kappa shape index (κ2) is 11.9. The average molecular weight is 496 g/mol. The van der Waals surface area contributed by atoms with Crippen molar-refractivity contribution >= 4 is 46.6 Å². The molecule has 0 radical (unpaired) electrons. The number of halogens is 3. The first-order valence-electron chi connectivity index (χ1n) is 11.1. The first-order valence-corrected chi connectivity index (χ1v) is 12.3. The number of rotatable bonds is 8. The van der Waals surface area contributed by atoms with Crippen LogP contribution in [0, 0.1) is 5.92 Å². The summed E-state index contributed by atoms with van der Waals surface area (Å²) in [6.45, 7) is 2.49. The molecule has 2 aromatic carbocycles. The molecule has 0 aliphatic heterocycles. The van der Waals surface area contributed by atoms with E-state index in [0.717, 1.165) is 24.8 Å². The van der Waals surface area contributed by atoms with Crippen molar-refractivity contribution in [3.8, 4) is 0 Å². The van der Waals surface area contributed by atoms with Crippen molar-refractivity contribution in [2.45, 2.75) is 51.1 Å². The van der Waals surface area contributed by atoms with Crippen molar-refractivity contribution < 1.29 is 9.59 Å². The minimum atomic E-state index is -0.851. The lowest BCUT2D eigenvalue weighted by atomic mass is 9.85. The van der Waals surface area contributed by atoms with Gasteiger partial charge in [0, 0.05) is 28.2 Å². The molecular weight excluding hydrogens is 467 g/mol. The fourth-order valence-electron chi connectivity index (χ4n) is 4.32. The van der Waals surface area contributed by atoms with Gasteiger partial charge in [0.15, 0.2) is 0 Å². The van der Waals surface area contributed by atoms with E-state index in [2.05, 4.69) is 12.2 Å². The zero-order chi connectivity index (χ0) is 23.1.